The lowest BCUT2D eigenvalue weighted by atomic mass is 10.2. The minimum absolute atomic E-state index is 0.0161. The SMILES string of the molecule is C[Si](C)(C)CCOCn1c(I)cc2c(Cl)c(C(=O)O)cnc21. The first-order chi connectivity index (χ1) is 10.2. The molecule has 2 aromatic heterocycles. The summed E-state index contributed by atoms with van der Waals surface area (Å²) in [4.78, 5) is 15.3. The zero-order valence-corrected chi connectivity index (χ0v) is 16.6. The van der Waals surface area contributed by atoms with Crippen LogP contribution in [0.1, 0.15) is 10.4 Å². The highest BCUT2D eigenvalue weighted by molar-refractivity contribution is 14.1. The number of fused-ring (bicyclic) bond motifs is 1. The van der Waals surface area contributed by atoms with Crippen molar-refractivity contribution in [2.75, 3.05) is 6.61 Å². The van der Waals surface area contributed by atoms with Gasteiger partial charge in [0.05, 0.1) is 14.3 Å². The summed E-state index contributed by atoms with van der Waals surface area (Å²) in [6.45, 7) is 8.02. The number of carbonyl (C=O) groups is 1. The van der Waals surface area contributed by atoms with Gasteiger partial charge in [0.25, 0.3) is 0 Å². The van der Waals surface area contributed by atoms with E-state index in [1.165, 1.54) is 6.20 Å². The van der Waals surface area contributed by atoms with E-state index in [0.29, 0.717) is 24.4 Å². The molecule has 5 nitrogen and oxygen atoms in total. The van der Waals surface area contributed by atoms with Gasteiger partial charge in [-0.05, 0) is 34.7 Å². The van der Waals surface area contributed by atoms with Crippen molar-refractivity contribution in [2.45, 2.75) is 32.4 Å². The Morgan fingerprint density at radius 3 is 2.77 bits per heavy atom. The molecule has 0 aliphatic heterocycles. The van der Waals surface area contributed by atoms with Crippen LogP contribution in [0.25, 0.3) is 11.0 Å². The molecule has 0 spiro atoms. The molecule has 0 unspecified atom stereocenters. The van der Waals surface area contributed by atoms with E-state index in [2.05, 4.69) is 47.2 Å². The van der Waals surface area contributed by atoms with Crippen LogP contribution in [0.3, 0.4) is 0 Å². The molecular formula is C14H18ClIN2O3Si. The summed E-state index contributed by atoms with van der Waals surface area (Å²) in [5.74, 6) is -1.08. The van der Waals surface area contributed by atoms with Gasteiger partial charge in [0, 0.05) is 26.3 Å². The van der Waals surface area contributed by atoms with Crippen molar-refractivity contribution >= 4 is 59.3 Å². The van der Waals surface area contributed by atoms with Gasteiger partial charge in [-0.25, -0.2) is 9.78 Å². The number of hydrogen-bond acceptors (Lipinski definition) is 3. The summed E-state index contributed by atoms with van der Waals surface area (Å²) < 4.78 is 8.57. The van der Waals surface area contributed by atoms with Crippen molar-refractivity contribution in [2.24, 2.45) is 0 Å². The van der Waals surface area contributed by atoms with Gasteiger partial charge < -0.3 is 9.84 Å². The van der Waals surface area contributed by atoms with E-state index < -0.39 is 14.0 Å². The molecule has 22 heavy (non-hydrogen) atoms. The van der Waals surface area contributed by atoms with Crippen LogP contribution in [0.15, 0.2) is 12.3 Å². The third-order valence-corrected chi connectivity index (χ3v) is 6.26. The van der Waals surface area contributed by atoms with E-state index in [1.54, 1.807) is 0 Å². The van der Waals surface area contributed by atoms with E-state index in [4.69, 9.17) is 21.4 Å². The average Bonchev–Trinajstić information content (AvgIpc) is 2.71. The number of carboxylic acids is 1. The van der Waals surface area contributed by atoms with Gasteiger partial charge in [0.15, 0.2) is 0 Å². The van der Waals surface area contributed by atoms with E-state index in [0.717, 1.165) is 9.74 Å². The Hall–Kier alpha value is -0.643. The van der Waals surface area contributed by atoms with Gasteiger partial charge in [-0.15, -0.1) is 0 Å². The van der Waals surface area contributed by atoms with E-state index in [9.17, 15) is 4.79 Å². The first kappa shape index (κ1) is 17.7. The van der Waals surface area contributed by atoms with Gasteiger partial charge in [0.1, 0.15) is 12.4 Å². The van der Waals surface area contributed by atoms with E-state index >= 15 is 0 Å². The van der Waals surface area contributed by atoms with Crippen molar-refractivity contribution in [1.29, 1.82) is 0 Å². The van der Waals surface area contributed by atoms with Crippen LogP contribution in [0.5, 0.6) is 0 Å². The Balaban J connectivity index is 2.22. The Kier molecular flexibility index (Phi) is 5.52. The van der Waals surface area contributed by atoms with Gasteiger partial charge in [-0.2, -0.15) is 0 Å². The van der Waals surface area contributed by atoms with Crippen molar-refractivity contribution in [1.82, 2.24) is 9.55 Å². The number of ether oxygens (including phenoxy) is 1. The second-order valence-electron chi connectivity index (χ2n) is 6.27. The van der Waals surface area contributed by atoms with Crippen LogP contribution in [-0.2, 0) is 11.5 Å². The lowest BCUT2D eigenvalue weighted by Crippen LogP contribution is -2.22. The molecule has 0 saturated heterocycles. The highest BCUT2D eigenvalue weighted by atomic mass is 127. The van der Waals surface area contributed by atoms with Crippen LogP contribution in [0.2, 0.25) is 30.7 Å². The summed E-state index contributed by atoms with van der Waals surface area (Å²) in [5, 5.41) is 9.95. The van der Waals surface area contributed by atoms with Crippen molar-refractivity contribution in [3.63, 3.8) is 0 Å². The molecule has 2 aromatic rings. The predicted molar refractivity (Wildman–Crippen MR) is 98.5 cm³/mol. The smallest absolute Gasteiger partial charge is 0.338 e. The summed E-state index contributed by atoms with van der Waals surface area (Å²) >= 11 is 8.34. The van der Waals surface area contributed by atoms with Crippen molar-refractivity contribution in [3.8, 4) is 0 Å². The maximum atomic E-state index is 11.1. The minimum Gasteiger partial charge on any atom is -0.478 e. The third kappa shape index (κ3) is 4.00. The van der Waals surface area contributed by atoms with Crippen LogP contribution in [-0.4, -0.2) is 35.3 Å². The summed E-state index contributed by atoms with van der Waals surface area (Å²) in [6.07, 6.45) is 1.29. The fraction of sp³-hybridized carbons (Fsp3) is 0.429. The zero-order valence-electron chi connectivity index (χ0n) is 12.7. The third-order valence-electron chi connectivity index (χ3n) is 3.25. The van der Waals surface area contributed by atoms with Gasteiger partial charge >= 0.3 is 5.97 Å². The van der Waals surface area contributed by atoms with Gasteiger partial charge in [-0.3, -0.25) is 4.57 Å². The zero-order chi connectivity index (χ0) is 16.5. The van der Waals surface area contributed by atoms with E-state index in [1.807, 2.05) is 10.6 Å². The first-order valence-electron chi connectivity index (χ1n) is 6.85. The van der Waals surface area contributed by atoms with Crippen LogP contribution < -0.4 is 0 Å². The van der Waals surface area contributed by atoms with Crippen LogP contribution in [0, 0.1) is 3.70 Å². The highest BCUT2D eigenvalue weighted by Crippen LogP contribution is 2.29. The molecule has 0 amide bonds. The normalized spacial score (nSPS) is 12.0. The topological polar surface area (TPSA) is 64.3 Å². The number of rotatable bonds is 6. The van der Waals surface area contributed by atoms with Gasteiger partial charge in [0.2, 0.25) is 0 Å². The summed E-state index contributed by atoms with van der Waals surface area (Å²) in [5.41, 5.74) is 0.662. The molecule has 120 valence electrons. The number of aromatic carboxylic acids is 1. The Morgan fingerprint density at radius 2 is 2.18 bits per heavy atom. The average molecular weight is 453 g/mol. The lowest BCUT2D eigenvalue weighted by molar-refractivity contribution is 0.0697. The maximum absolute atomic E-state index is 11.1. The Labute approximate surface area is 148 Å². The molecule has 2 rings (SSSR count). The lowest BCUT2D eigenvalue weighted by Gasteiger charge is -2.16. The molecule has 2 heterocycles. The van der Waals surface area contributed by atoms with Gasteiger partial charge in [-0.1, -0.05) is 31.2 Å². The summed E-state index contributed by atoms with van der Waals surface area (Å²) in [7, 11) is -1.11. The fourth-order valence-corrected chi connectivity index (χ4v) is 3.65. The Morgan fingerprint density at radius 1 is 1.50 bits per heavy atom. The van der Waals surface area contributed by atoms with Crippen LogP contribution in [0.4, 0.5) is 0 Å². The molecular weight excluding hydrogens is 435 g/mol. The molecule has 0 radical (unpaired) electrons. The Bertz CT molecular complexity index is 712. The first-order valence-corrected chi connectivity index (χ1v) is 12.0. The number of aromatic nitrogens is 2. The standard InChI is InChI=1S/C14H18ClIN2O3Si/c1-22(2,3)5-4-21-8-18-11(16)6-9-12(15)10(14(19)20)7-17-13(9)18/h6-7H,4-5,8H2,1-3H3,(H,19,20). The largest absolute Gasteiger partial charge is 0.478 e. The van der Waals surface area contributed by atoms with Crippen molar-refractivity contribution in [3.05, 3.63) is 26.5 Å². The van der Waals surface area contributed by atoms with Crippen LogP contribution >= 0.6 is 34.2 Å². The molecule has 0 aliphatic rings. The molecule has 1 N–H and O–H groups in total. The summed E-state index contributed by atoms with van der Waals surface area (Å²) in [6, 6.07) is 2.93. The molecule has 0 aliphatic carbocycles. The van der Waals surface area contributed by atoms with E-state index in [-0.39, 0.29) is 10.6 Å². The predicted octanol–water partition coefficient (Wildman–Crippen LogP) is 4.30. The molecule has 0 aromatic carbocycles. The van der Waals surface area contributed by atoms with Crippen molar-refractivity contribution < 1.29 is 14.6 Å². The molecule has 0 bridgehead atoms. The minimum atomic E-state index is -1.11. The number of nitrogens with zero attached hydrogens (tertiary/aromatic N) is 2. The molecule has 0 atom stereocenters. The number of carboxylic acid groups (broad SMARTS) is 1. The number of halogens is 2. The molecule has 8 heteroatoms. The second-order valence-corrected chi connectivity index (χ2v) is 13.4. The quantitative estimate of drug-likeness (QED) is 0.403. The second kappa shape index (κ2) is 6.86. The monoisotopic (exact) mass is 452 g/mol. The molecule has 0 fully saturated rings. The number of pyridine rings is 1. The highest BCUT2D eigenvalue weighted by Gasteiger charge is 2.18. The molecule has 0 saturated carbocycles. The fourth-order valence-electron chi connectivity index (χ4n) is 1.94. The number of hydrogen-bond donors (Lipinski definition) is 1. The maximum Gasteiger partial charge on any atom is 0.338 e.